The first kappa shape index (κ1) is 12.7. The van der Waals surface area contributed by atoms with E-state index in [1.165, 1.54) is 25.9 Å². The van der Waals surface area contributed by atoms with Crippen molar-refractivity contribution in [1.82, 2.24) is 10.2 Å². The molecule has 1 heterocycles. The molecule has 1 atom stereocenters. The number of rotatable bonds is 5. The van der Waals surface area contributed by atoms with Crippen molar-refractivity contribution >= 4 is 0 Å². The van der Waals surface area contributed by atoms with Crippen LogP contribution in [0.4, 0.5) is 0 Å². The Morgan fingerprint density at radius 1 is 1.53 bits per heavy atom. The Kier molecular flexibility index (Phi) is 4.81. The van der Waals surface area contributed by atoms with E-state index in [1.807, 2.05) is 6.08 Å². The van der Waals surface area contributed by atoms with Gasteiger partial charge in [0.25, 0.3) is 0 Å². The highest BCUT2D eigenvalue weighted by molar-refractivity contribution is 4.86. The summed E-state index contributed by atoms with van der Waals surface area (Å²) in [6.07, 6.45) is 4.69. The predicted molar refractivity (Wildman–Crippen MR) is 67.1 cm³/mol. The monoisotopic (exact) mass is 210 g/mol. The Labute approximate surface area is 94.7 Å². The Hall–Kier alpha value is -0.340. The molecule has 0 bridgehead atoms. The van der Waals surface area contributed by atoms with Crippen LogP contribution < -0.4 is 5.32 Å². The molecule has 2 nitrogen and oxygen atoms in total. The number of nitrogens with one attached hydrogen (secondary N) is 1. The third-order valence-electron chi connectivity index (χ3n) is 3.52. The Morgan fingerprint density at radius 3 is 2.80 bits per heavy atom. The van der Waals surface area contributed by atoms with E-state index in [2.05, 4.69) is 37.7 Å². The van der Waals surface area contributed by atoms with Crippen LogP contribution in [0, 0.1) is 11.3 Å². The number of likely N-dealkylation sites (N-methyl/N-ethyl adjacent to an activating group) is 1. The average Bonchev–Trinajstić information content (AvgIpc) is 2.18. The standard InChI is InChI=1S/C13H26N2/c1-5-9-15(4)11-13(2,3)12-7-6-8-14-10-12/h5,12,14H,1,6-11H2,2-4H3. The van der Waals surface area contributed by atoms with Gasteiger partial charge in [-0.15, -0.1) is 6.58 Å². The molecule has 0 spiro atoms. The summed E-state index contributed by atoms with van der Waals surface area (Å²) >= 11 is 0. The lowest BCUT2D eigenvalue weighted by molar-refractivity contribution is 0.120. The molecule has 0 saturated carbocycles. The molecule has 88 valence electrons. The lowest BCUT2D eigenvalue weighted by Gasteiger charge is -2.39. The van der Waals surface area contributed by atoms with E-state index in [4.69, 9.17) is 0 Å². The van der Waals surface area contributed by atoms with Gasteiger partial charge in [-0.05, 0) is 44.3 Å². The van der Waals surface area contributed by atoms with Crippen molar-refractivity contribution in [3.63, 3.8) is 0 Å². The molecule has 1 fully saturated rings. The molecule has 1 unspecified atom stereocenters. The second-order valence-electron chi connectivity index (χ2n) is 5.52. The fraction of sp³-hybridized carbons (Fsp3) is 0.846. The van der Waals surface area contributed by atoms with Crippen LogP contribution >= 0.6 is 0 Å². The summed E-state index contributed by atoms with van der Waals surface area (Å²) in [6.45, 7) is 13.1. The maximum atomic E-state index is 3.79. The molecule has 1 aliphatic heterocycles. The molecule has 0 aliphatic carbocycles. The third-order valence-corrected chi connectivity index (χ3v) is 3.52. The smallest absolute Gasteiger partial charge is 0.0157 e. The Balaban J connectivity index is 2.44. The third kappa shape index (κ3) is 3.96. The van der Waals surface area contributed by atoms with E-state index in [-0.39, 0.29) is 0 Å². The van der Waals surface area contributed by atoms with Crippen LogP contribution in [-0.2, 0) is 0 Å². The van der Waals surface area contributed by atoms with Crippen molar-refractivity contribution in [2.75, 3.05) is 33.2 Å². The summed E-state index contributed by atoms with van der Waals surface area (Å²) in [5, 5.41) is 3.51. The first-order valence-electron chi connectivity index (χ1n) is 6.06. The van der Waals surface area contributed by atoms with Crippen LogP contribution in [0.1, 0.15) is 26.7 Å². The van der Waals surface area contributed by atoms with E-state index in [1.54, 1.807) is 0 Å². The molecule has 0 aromatic rings. The second-order valence-corrected chi connectivity index (χ2v) is 5.52. The van der Waals surface area contributed by atoms with Crippen LogP contribution in [-0.4, -0.2) is 38.1 Å². The summed E-state index contributed by atoms with van der Waals surface area (Å²) in [7, 11) is 2.18. The predicted octanol–water partition coefficient (Wildman–Crippen LogP) is 2.13. The average molecular weight is 210 g/mol. The normalized spacial score (nSPS) is 23.1. The summed E-state index contributed by atoms with van der Waals surface area (Å²) in [6, 6.07) is 0. The van der Waals surface area contributed by atoms with Crippen LogP contribution in [0.25, 0.3) is 0 Å². The molecular weight excluding hydrogens is 184 g/mol. The minimum absolute atomic E-state index is 0.408. The molecule has 1 saturated heterocycles. The van der Waals surface area contributed by atoms with Gasteiger partial charge in [0.2, 0.25) is 0 Å². The van der Waals surface area contributed by atoms with Crippen molar-refractivity contribution in [3.8, 4) is 0 Å². The van der Waals surface area contributed by atoms with E-state index in [0.29, 0.717) is 5.41 Å². The van der Waals surface area contributed by atoms with Crippen LogP contribution in [0.3, 0.4) is 0 Å². The SMILES string of the molecule is C=CCN(C)CC(C)(C)C1CCCNC1. The highest BCUT2D eigenvalue weighted by Crippen LogP contribution is 2.32. The molecule has 1 rings (SSSR count). The number of hydrogen-bond acceptors (Lipinski definition) is 2. The molecule has 1 N–H and O–H groups in total. The van der Waals surface area contributed by atoms with E-state index >= 15 is 0 Å². The van der Waals surface area contributed by atoms with Gasteiger partial charge in [0.1, 0.15) is 0 Å². The zero-order chi connectivity index (χ0) is 11.3. The largest absolute Gasteiger partial charge is 0.316 e. The number of nitrogens with zero attached hydrogens (tertiary/aromatic N) is 1. The first-order chi connectivity index (χ1) is 7.06. The van der Waals surface area contributed by atoms with Gasteiger partial charge < -0.3 is 10.2 Å². The minimum atomic E-state index is 0.408. The molecule has 1 aliphatic rings. The highest BCUT2D eigenvalue weighted by Gasteiger charge is 2.31. The van der Waals surface area contributed by atoms with Gasteiger partial charge in [0.15, 0.2) is 0 Å². The van der Waals surface area contributed by atoms with Crippen molar-refractivity contribution in [3.05, 3.63) is 12.7 Å². The highest BCUT2D eigenvalue weighted by atomic mass is 15.1. The van der Waals surface area contributed by atoms with E-state index < -0.39 is 0 Å². The van der Waals surface area contributed by atoms with Crippen molar-refractivity contribution < 1.29 is 0 Å². The summed E-state index contributed by atoms with van der Waals surface area (Å²) in [5.74, 6) is 0.818. The molecule has 0 aromatic carbocycles. The molecule has 0 aromatic heterocycles. The molecule has 0 radical (unpaired) electrons. The van der Waals surface area contributed by atoms with Gasteiger partial charge in [0, 0.05) is 13.1 Å². The minimum Gasteiger partial charge on any atom is -0.316 e. The lowest BCUT2D eigenvalue weighted by Crippen LogP contribution is -2.43. The topological polar surface area (TPSA) is 15.3 Å². The summed E-state index contributed by atoms with van der Waals surface area (Å²) in [4.78, 5) is 2.36. The van der Waals surface area contributed by atoms with Crippen LogP contribution in [0.2, 0.25) is 0 Å². The van der Waals surface area contributed by atoms with Gasteiger partial charge in [-0.1, -0.05) is 19.9 Å². The van der Waals surface area contributed by atoms with Crippen molar-refractivity contribution in [2.45, 2.75) is 26.7 Å². The van der Waals surface area contributed by atoms with Gasteiger partial charge in [-0.2, -0.15) is 0 Å². The van der Waals surface area contributed by atoms with Crippen molar-refractivity contribution in [1.29, 1.82) is 0 Å². The fourth-order valence-electron chi connectivity index (χ4n) is 2.63. The van der Waals surface area contributed by atoms with Gasteiger partial charge in [-0.3, -0.25) is 0 Å². The molecule has 2 heteroatoms. The zero-order valence-corrected chi connectivity index (χ0v) is 10.6. The Morgan fingerprint density at radius 2 is 2.27 bits per heavy atom. The van der Waals surface area contributed by atoms with Gasteiger partial charge in [-0.25, -0.2) is 0 Å². The number of hydrogen-bond donors (Lipinski definition) is 1. The molecule has 0 amide bonds. The quantitative estimate of drug-likeness (QED) is 0.699. The maximum absolute atomic E-state index is 3.79. The molecular formula is C13H26N2. The first-order valence-corrected chi connectivity index (χ1v) is 6.06. The van der Waals surface area contributed by atoms with Gasteiger partial charge in [0.05, 0.1) is 0 Å². The van der Waals surface area contributed by atoms with Crippen LogP contribution in [0.5, 0.6) is 0 Å². The fourth-order valence-corrected chi connectivity index (χ4v) is 2.63. The van der Waals surface area contributed by atoms with Gasteiger partial charge >= 0.3 is 0 Å². The summed E-state index contributed by atoms with van der Waals surface area (Å²) in [5.41, 5.74) is 0.408. The van der Waals surface area contributed by atoms with E-state index in [9.17, 15) is 0 Å². The molecule has 15 heavy (non-hydrogen) atoms. The summed E-state index contributed by atoms with van der Waals surface area (Å²) < 4.78 is 0. The number of piperidine rings is 1. The van der Waals surface area contributed by atoms with Crippen LogP contribution in [0.15, 0.2) is 12.7 Å². The second kappa shape index (κ2) is 5.66. The van der Waals surface area contributed by atoms with Crippen molar-refractivity contribution in [2.24, 2.45) is 11.3 Å². The van der Waals surface area contributed by atoms with E-state index in [0.717, 1.165) is 19.0 Å². The lowest BCUT2D eigenvalue weighted by atomic mass is 9.74. The maximum Gasteiger partial charge on any atom is 0.0157 e. The Bertz CT molecular complexity index is 193. The zero-order valence-electron chi connectivity index (χ0n) is 10.6.